The van der Waals surface area contributed by atoms with Gasteiger partial charge in [-0.1, -0.05) is 35.0 Å². The monoisotopic (exact) mass is 324 g/mol. The van der Waals surface area contributed by atoms with Crippen molar-refractivity contribution < 1.29 is 9.59 Å². The summed E-state index contributed by atoms with van der Waals surface area (Å²) in [6.45, 7) is 2.07. The summed E-state index contributed by atoms with van der Waals surface area (Å²) in [7, 11) is 0. The van der Waals surface area contributed by atoms with Crippen LogP contribution in [0.2, 0.25) is 0 Å². The van der Waals surface area contributed by atoms with Crippen LogP contribution in [0.1, 0.15) is 37.8 Å². The second-order valence-corrected chi connectivity index (χ2v) is 5.60. The maximum atomic E-state index is 11.8. The van der Waals surface area contributed by atoms with Gasteiger partial charge in [0.2, 0.25) is 11.8 Å². The molecule has 2 rings (SSSR count). The number of piperidine rings is 1. The third-order valence-corrected chi connectivity index (χ3v) is 3.79. The van der Waals surface area contributed by atoms with Crippen LogP contribution in [0.3, 0.4) is 0 Å². The fourth-order valence-corrected chi connectivity index (χ4v) is 2.69. The van der Waals surface area contributed by atoms with Crippen molar-refractivity contribution >= 4 is 27.7 Å². The molecule has 19 heavy (non-hydrogen) atoms. The molecule has 0 aromatic heterocycles. The number of halogens is 1. The summed E-state index contributed by atoms with van der Waals surface area (Å²) >= 11 is 3.45. The molecule has 2 atom stereocenters. The molecule has 0 spiro atoms. The molecule has 5 heteroatoms. The number of hydrogen-bond donors (Lipinski definition) is 2. The van der Waals surface area contributed by atoms with Gasteiger partial charge in [-0.3, -0.25) is 20.2 Å². The fourth-order valence-electron chi connectivity index (χ4n) is 2.27. The molecule has 0 saturated carbocycles. The lowest BCUT2D eigenvalue weighted by Crippen LogP contribution is -2.51. The van der Waals surface area contributed by atoms with Crippen molar-refractivity contribution in [3.8, 4) is 0 Å². The van der Waals surface area contributed by atoms with Crippen LogP contribution in [0.25, 0.3) is 0 Å². The van der Waals surface area contributed by atoms with Crippen molar-refractivity contribution in [1.29, 1.82) is 0 Å². The van der Waals surface area contributed by atoms with Gasteiger partial charge < -0.3 is 0 Å². The van der Waals surface area contributed by atoms with E-state index in [0.717, 1.165) is 16.5 Å². The van der Waals surface area contributed by atoms with Crippen LogP contribution >= 0.6 is 15.9 Å². The smallest absolute Gasteiger partial charge is 0.243 e. The van der Waals surface area contributed by atoms with E-state index in [1.165, 1.54) is 0 Å². The fraction of sp³-hybridized carbons (Fsp3) is 0.429. The van der Waals surface area contributed by atoms with E-state index in [9.17, 15) is 9.59 Å². The third kappa shape index (κ3) is 3.64. The maximum Gasteiger partial charge on any atom is 0.243 e. The van der Waals surface area contributed by atoms with Crippen LogP contribution in [0.4, 0.5) is 0 Å². The first-order chi connectivity index (χ1) is 9.10. The molecule has 1 heterocycles. The molecule has 1 aromatic rings. The molecule has 0 aliphatic carbocycles. The van der Waals surface area contributed by atoms with Crippen LogP contribution in [0.15, 0.2) is 28.7 Å². The molecule has 4 nitrogen and oxygen atoms in total. The zero-order chi connectivity index (χ0) is 13.8. The van der Waals surface area contributed by atoms with Crippen molar-refractivity contribution in [3.05, 3.63) is 34.3 Å². The van der Waals surface area contributed by atoms with E-state index in [0.29, 0.717) is 12.8 Å². The van der Waals surface area contributed by atoms with Crippen molar-refractivity contribution in [2.75, 3.05) is 0 Å². The number of imide groups is 1. The summed E-state index contributed by atoms with van der Waals surface area (Å²) in [6, 6.07) is 7.87. The predicted molar refractivity (Wildman–Crippen MR) is 76.5 cm³/mol. The van der Waals surface area contributed by atoms with Crippen LogP contribution in [0.5, 0.6) is 0 Å². The number of carbonyl (C=O) groups excluding carboxylic acids is 2. The second-order valence-electron chi connectivity index (χ2n) is 4.69. The van der Waals surface area contributed by atoms with Gasteiger partial charge in [-0.15, -0.1) is 0 Å². The molecule has 1 aliphatic heterocycles. The first-order valence-corrected chi connectivity index (χ1v) is 7.24. The van der Waals surface area contributed by atoms with Gasteiger partial charge in [0, 0.05) is 16.9 Å². The van der Waals surface area contributed by atoms with Crippen molar-refractivity contribution in [3.63, 3.8) is 0 Å². The lowest BCUT2D eigenvalue weighted by atomic mass is 10.00. The average molecular weight is 325 g/mol. The van der Waals surface area contributed by atoms with Crippen LogP contribution < -0.4 is 10.6 Å². The minimum Gasteiger partial charge on any atom is -0.299 e. The molecule has 2 unspecified atom stereocenters. The topological polar surface area (TPSA) is 58.2 Å². The van der Waals surface area contributed by atoms with Crippen LogP contribution in [0, 0.1) is 0 Å². The normalized spacial score (nSPS) is 21.1. The Bertz CT molecular complexity index is 490. The molecule has 1 aromatic carbocycles. The number of benzene rings is 1. The Morgan fingerprint density at radius 1 is 1.47 bits per heavy atom. The number of amides is 2. The lowest BCUT2D eigenvalue weighted by molar-refractivity contribution is -0.134. The molecule has 2 N–H and O–H groups in total. The number of rotatable bonds is 4. The van der Waals surface area contributed by atoms with E-state index < -0.39 is 0 Å². The Morgan fingerprint density at radius 2 is 2.26 bits per heavy atom. The number of nitrogens with one attached hydrogen (secondary N) is 2. The Labute approximate surface area is 121 Å². The molecule has 1 saturated heterocycles. The van der Waals surface area contributed by atoms with Crippen molar-refractivity contribution in [2.24, 2.45) is 0 Å². The van der Waals surface area contributed by atoms with Gasteiger partial charge in [0.1, 0.15) is 0 Å². The molecular weight excluding hydrogens is 308 g/mol. The van der Waals surface area contributed by atoms with Crippen molar-refractivity contribution in [2.45, 2.75) is 38.3 Å². The number of carbonyl (C=O) groups is 2. The Hall–Kier alpha value is -1.20. The Kier molecular flexibility index (Phi) is 4.71. The average Bonchev–Trinajstić information content (AvgIpc) is 2.38. The van der Waals surface area contributed by atoms with Gasteiger partial charge in [-0.05, 0) is 30.5 Å². The minimum atomic E-state index is -0.290. The quantitative estimate of drug-likeness (QED) is 0.835. The summed E-state index contributed by atoms with van der Waals surface area (Å²) in [6.07, 6.45) is 1.85. The van der Waals surface area contributed by atoms with Gasteiger partial charge in [0.15, 0.2) is 0 Å². The minimum absolute atomic E-state index is 0.112. The molecule has 0 radical (unpaired) electrons. The Morgan fingerprint density at radius 3 is 2.89 bits per heavy atom. The van der Waals surface area contributed by atoms with Crippen molar-refractivity contribution in [1.82, 2.24) is 10.6 Å². The standard InChI is InChI=1S/C14H17BrN2O2/c1-2-11(9-4-3-5-10(15)8-9)16-12-6-7-13(18)17-14(12)19/h3-5,8,11-12,16H,2,6-7H2,1H3,(H,17,18,19). The molecule has 1 aliphatic rings. The van der Waals surface area contributed by atoms with E-state index in [1.807, 2.05) is 24.3 Å². The second kappa shape index (κ2) is 6.30. The van der Waals surface area contributed by atoms with E-state index in [1.54, 1.807) is 0 Å². The third-order valence-electron chi connectivity index (χ3n) is 3.30. The zero-order valence-corrected chi connectivity index (χ0v) is 12.4. The number of hydrogen-bond acceptors (Lipinski definition) is 3. The SMILES string of the molecule is CCC(NC1CCC(=O)NC1=O)c1cccc(Br)c1. The molecule has 1 fully saturated rings. The highest BCUT2D eigenvalue weighted by Crippen LogP contribution is 2.22. The summed E-state index contributed by atoms with van der Waals surface area (Å²) in [5, 5.41) is 5.71. The van der Waals surface area contributed by atoms with Crippen LogP contribution in [-0.2, 0) is 9.59 Å². The van der Waals surface area contributed by atoms with Gasteiger partial charge in [0.25, 0.3) is 0 Å². The van der Waals surface area contributed by atoms with Gasteiger partial charge in [0.05, 0.1) is 6.04 Å². The summed E-state index contributed by atoms with van der Waals surface area (Å²) < 4.78 is 1.02. The summed E-state index contributed by atoms with van der Waals surface area (Å²) in [4.78, 5) is 22.9. The van der Waals surface area contributed by atoms with Gasteiger partial charge >= 0.3 is 0 Å². The molecule has 2 amide bonds. The predicted octanol–water partition coefficient (Wildman–Crippen LogP) is 2.29. The Balaban J connectivity index is 2.07. The highest BCUT2D eigenvalue weighted by Gasteiger charge is 2.28. The van der Waals surface area contributed by atoms with Gasteiger partial charge in [-0.2, -0.15) is 0 Å². The highest BCUT2D eigenvalue weighted by molar-refractivity contribution is 9.10. The van der Waals surface area contributed by atoms with Gasteiger partial charge in [-0.25, -0.2) is 0 Å². The van der Waals surface area contributed by atoms with Crippen LogP contribution in [-0.4, -0.2) is 17.9 Å². The summed E-state index contributed by atoms with van der Waals surface area (Å²) in [5.41, 5.74) is 1.14. The maximum absolute atomic E-state index is 11.8. The molecular formula is C14H17BrN2O2. The van der Waals surface area contributed by atoms with E-state index in [-0.39, 0.29) is 23.9 Å². The highest BCUT2D eigenvalue weighted by atomic mass is 79.9. The van der Waals surface area contributed by atoms with E-state index >= 15 is 0 Å². The largest absolute Gasteiger partial charge is 0.299 e. The first-order valence-electron chi connectivity index (χ1n) is 6.45. The van der Waals surface area contributed by atoms with E-state index in [2.05, 4.69) is 33.5 Å². The zero-order valence-electron chi connectivity index (χ0n) is 10.8. The first kappa shape index (κ1) is 14.2. The lowest BCUT2D eigenvalue weighted by Gasteiger charge is -2.27. The molecule has 0 bridgehead atoms. The molecule has 102 valence electrons. The van der Waals surface area contributed by atoms with E-state index in [4.69, 9.17) is 0 Å². The summed E-state index contributed by atoms with van der Waals surface area (Å²) in [5.74, 6) is -0.400.